The minimum atomic E-state index is 0.0153. The molecule has 0 aliphatic rings. The van der Waals surface area contributed by atoms with E-state index in [1.54, 1.807) is 0 Å². The lowest BCUT2D eigenvalue weighted by atomic mass is 10.1. The highest BCUT2D eigenvalue weighted by molar-refractivity contribution is 5.17. The van der Waals surface area contributed by atoms with Crippen molar-refractivity contribution in [3.05, 3.63) is 47.5 Å². The van der Waals surface area contributed by atoms with Crippen LogP contribution in [0.3, 0.4) is 0 Å². The fourth-order valence-corrected chi connectivity index (χ4v) is 1.32. The molecule has 0 fully saturated rings. The Kier molecular flexibility index (Phi) is 3.50. The first kappa shape index (κ1) is 10.6. The van der Waals surface area contributed by atoms with Crippen molar-refractivity contribution in [3.63, 3.8) is 0 Å². The number of nitrogens with zero attached hydrogens (tertiary/aromatic N) is 4. The summed E-state index contributed by atoms with van der Waals surface area (Å²) in [6, 6.07) is 9.91. The second kappa shape index (κ2) is 5.27. The van der Waals surface area contributed by atoms with Crippen LogP contribution >= 0.6 is 0 Å². The zero-order valence-electron chi connectivity index (χ0n) is 8.74. The van der Waals surface area contributed by atoms with Crippen LogP contribution in [0.4, 0.5) is 0 Å². The van der Waals surface area contributed by atoms with Gasteiger partial charge < -0.3 is 5.11 Å². The van der Waals surface area contributed by atoms with Crippen molar-refractivity contribution >= 4 is 0 Å². The van der Waals surface area contributed by atoms with Crippen LogP contribution in [0.25, 0.3) is 0 Å². The summed E-state index contributed by atoms with van der Waals surface area (Å²) in [6.07, 6.45) is 1.02. The van der Waals surface area contributed by atoms with Gasteiger partial charge in [0.15, 0.2) is 11.6 Å². The molecule has 0 saturated heterocycles. The summed E-state index contributed by atoms with van der Waals surface area (Å²) < 4.78 is 0. The molecule has 2 rings (SSSR count). The molecule has 0 atom stereocenters. The molecule has 1 aromatic carbocycles. The van der Waals surface area contributed by atoms with Crippen LogP contribution in [-0.2, 0) is 12.8 Å². The van der Waals surface area contributed by atoms with Crippen molar-refractivity contribution in [1.29, 1.82) is 0 Å². The third-order valence-electron chi connectivity index (χ3n) is 2.10. The van der Waals surface area contributed by atoms with E-state index in [2.05, 4.69) is 20.4 Å². The summed E-state index contributed by atoms with van der Waals surface area (Å²) in [5.41, 5.74) is 1.13. The third kappa shape index (κ3) is 2.80. The van der Waals surface area contributed by atoms with Gasteiger partial charge in [-0.05, 0) is 5.56 Å². The summed E-state index contributed by atoms with van der Waals surface area (Å²) in [5, 5.41) is 24.4. The highest BCUT2D eigenvalue weighted by atomic mass is 16.3. The zero-order chi connectivity index (χ0) is 11.2. The van der Waals surface area contributed by atoms with Crippen molar-refractivity contribution in [2.45, 2.75) is 12.8 Å². The quantitative estimate of drug-likeness (QED) is 0.800. The lowest BCUT2D eigenvalue weighted by Gasteiger charge is -1.99. The molecule has 0 aliphatic carbocycles. The molecule has 16 heavy (non-hydrogen) atoms. The highest BCUT2D eigenvalue weighted by Crippen LogP contribution is 2.03. The average Bonchev–Trinajstić information content (AvgIpc) is 2.33. The Morgan fingerprint density at radius 2 is 1.50 bits per heavy atom. The van der Waals surface area contributed by atoms with Gasteiger partial charge in [-0.2, -0.15) is 0 Å². The van der Waals surface area contributed by atoms with Gasteiger partial charge in [0, 0.05) is 12.8 Å². The molecule has 0 aliphatic heterocycles. The predicted octanol–water partition coefficient (Wildman–Crippen LogP) is 0.392. The number of aliphatic hydroxyl groups is 1. The minimum absolute atomic E-state index is 0.0153. The van der Waals surface area contributed by atoms with Gasteiger partial charge in [0.25, 0.3) is 0 Å². The van der Waals surface area contributed by atoms with E-state index >= 15 is 0 Å². The van der Waals surface area contributed by atoms with E-state index in [0.717, 1.165) is 5.56 Å². The van der Waals surface area contributed by atoms with Crippen molar-refractivity contribution < 1.29 is 5.11 Å². The number of aromatic nitrogens is 4. The largest absolute Gasteiger partial charge is 0.396 e. The molecule has 82 valence electrons. The van der Waals surface area contributed by atoms with Crippen LogP contribution in [0.2, 0.25) is 0 Å². The third-order valence-corrected chi connectivity index (χ3v) is 2.10. The molecular weight excluding hydrogens is 204 g/mol. The molecule has 1 N–H and O–H groups in total. The molecule has 5 heteroatoms. The highest BCUT2D eigenvalue weighted by Gasteiger charge is 2.02. The first-order chi connectivity index (χ1) is 7.88. The SMILES string of the molecule is OCCc1nnc(Cc2ccccc2)nn1. The molecule has 1 heterocycles. The van der Waals surface area contributed by atoms with Crippen molar-refractivity contribution in [3.8, 4) is 0 Å². The first-order valence-corrected chi connectivity index (χ1v) is 5.08. The van der Waals surface area contributed by atoms with Crippen LogP contribution in [0, 0.1) is 0 Å². The maximum Gasteiger partial charge on any atom is 0.177 e. The Balaban J connectivity index is 2.05. The van der Waals surface area contributed by atoms with Crippen molar-refractivity contribution in [1.82, 2.24) is 20.4 Å². The maximum absolute atomic E-state index is 8.69. The van der Waals surface area contributed by atoms with Crippen LogP contribution in [0.1, 0.15) is 17.2 Å². The van der Waals surface area contributed by atoms with Gasteiger partial charge in [0.1, 0.15) is 0 Å². The molecule has 5 nitrogen and oxygen atoms in total. The summed E-state index contributed by atoms with van der Waals surface area (Å²) >= 11 is 0. The van der Waals surface area contributed by atoms with Gasteiger partial charge in [-0.3, -0.25) is 0 Å². The van der Waals surface area contributed by atoms with Gasteiger partial charge in [0.2, 0.25) is 0 Å². The van der Waals surface area contributed by atoms with E-state index in [9.17, 15) is 0 Å². The predicted molar refractivity (Wildman–Crippen MR) is 57.7 cm³/mol. The minimum Gasteiger partial charge on any atom is -0.396 e. The van der Waals surface area contributed by atoms with Gasteiger partial charge in [-0.25, -0.2) is 0 Å². The monoisotopic (exact) mass is 216 g/mol. The number of hydrogen-bond donors (Lipinski definition) is 1. The Hall–Kier alpha value is -1.88. The van der Waals surface area contributed by atoms with Gasteiger partial charge >= 0.3 is 0 Å². The number of benzene rings is 1. The van der Waals surface area contributed by atoms with Crippen LogP contribution in [-0.4, -0.2) is 32.1 Å². The van der Waals surface area contributed by atoms with E-state index in [0.29, 0.717) is 24.5 Å². The second-order valence-corrected chi connectivity index (χ2v) is 3.37. The molecular formula is C11H12N4O. The van der Waals surface area contributed by atoms with Crippen molar-refractivity contribution in [2.75, 3.05) is 6.61 Å². The maximum atomic E-state index is 8.69. The molecule has 0 unspecified atom stereocenters. The summed E-state index contributed by atoms with van der Waals surface area (Å²) in [6.45, 7) is 0.0153. The summed E-state index contributed by atoms with van der Waals surface area (Å²) in [7, 11) is 0. The molecule has 0 radical (unpaired) electrons. The molecule has 0 amide bonds. The average molecular weight is 216 g/mol. The normalized spacial score (nSPS) is 10.3. The lowest BCUT2D eigenvalue weighted by Crippen LogP contribution is -2.07. The first-order valence-electron chi connectivity index (χ1n) is 5.08. The molecule has 2 aromatic rings. The van der Waals surface area contributed by atoms with Crippen LogP contribution < -0.4 is 0 Å². The molecule has 1 aromatic heterocycles. The Bertz CT molecular complexity index is 429. The number of aliphatic hydroxyl groups excluding tert-OH is 1. The topological polar surface area (TPSA) is 71.8 Å². The fraction of sp³-hybridized carbons (Fsp3) is 0.273. The van der Waals surface area contributed by atoms with E-state index in [4.69, 9.17) is 5.11 Å². The van der Waals surface area contributed by atoms with E-state index in [1.165, 1.54) is 0 Å². The fourth-order valence-electron chi connectivity index (χ4n) is 1.32. The van der Waals surface area contributed by atoms with Crippen LogP contribution in [0.5, 0.6) is 0 Å². The van der Waals surface area contributed by atoms with E-state index < -0.39 is 0 Å². The molecule has 0 saturated carbocycles. The smallest absolute Gasteiger partial charge is 0.177 e. The van der Waals surface area contributed by atoms with Gasteiger partial charge in [-0.1, -0.05) is 30.3 Å². The number of hydrogen-bond acceptors (Lipinski definition) is 5. The Labute approximate surface area is 93.2 Å². The van der Waals surface area contributed by atoms with Crippen LogP contribution in [0.15, 0.2) is 30.3 Å². The molecule has 0 spiro atoms. The number of rotatable bonds is 4. The molecule has 0 bridgehead atoms. The van der Waals surface area contributed by atoms with E-state index in [1.807, 2.05) is 30.3 Å². The zero-order valence-corrected chi connectivity index (χ0v) is 8.74. The van der Waals surface area contributed by atoms with E-state index in [-0.39, 0.29) is 6.61 Å². The standard InChI is InChI=1S/C11H12N4O/c16-7-6-10-12-14-11(15-13-10)8-9-4-2-1-3-5-9/h1-5,16H,6-8H2. The Morgan fingerprint density at radius 3 is 2.12 bits per heavy atom. The second-order valence-electron chi connectivity index (χ2n) is 3.37. The van der Waals surface area contributed by atoms with Crippen molar-refractivity contribution in [2.24, 2.45) is 0 Å². The lowest BCUT2D eigenvalue weighted by molar-refractivity contribution is 0.295. The van der Waals surface area contributed by atoms with Gasteiger partial charge in [-0.15, -0.1) is 20.4 Å². The Morgan fingerprint density at radius 1 is 0.875 bits per heavy atom. The summed E-state index contributed by atoms with van der Waals surface area (Å²) in [5.74, 6) is 1.06. The summed E-state index contributed by atoms with van der Waals surface area (Å²) in [4.78, 5) is 0. The van der Waals surface area contributed by atoms with Gasteiger partial charge in [0.05, 0.1) is 6.61 Å².